The second kappa shape index (κ2) is 6.68. The number of fused-ring (bicyclic) bond motifs is 1. The molecular formula is C14H9F3N2O2S2. The summed E-state index contributed by atoms with van der Waals surface area (Å²) in [5.74, 6) is -1.85. The van der Waals surface area contributed by atoms with Gasteiger partial charge in [-0.2, -0.15) is 18.4 Å². The van der Waals surface area contributed by atoms with Gasteiger partial charge < -0.3 is 0 Å². The molecule has 0 radical (unpaired) electrons. The summed E-state index contributed by atoms with van der Waals surface area (Å²) in [6.45, 7) is 1.30. The number of Topliss-reactive ketones (excluding diaryl/α,β-unsaturated/α-hetero) is 1. The van der Waals surface area contributed by atoms with Gasteiger partial charge >= 0.3 is 6.18 Å². The van der Waals surface area contributed by atoms with Crippen LogP contribution in [0, 0.1) is 11.3 Å². The summed E-state index contributed by atoms with van der Waals surface area (Å²) in [5.41, 5.74) is -0.516. The van der Waals surface area contributed by atoms with Gasteiger partial charge in [0.05, 0.1) is 27.6 Å². The van der Waals surface area contributed by atoms with E-state index in [1.807, 2.05) is 0 Å². The van der Waals surface area contributed by atoms with Gasteiger partial charge in [0, 0.05) is 6.92 Å². The number of nitriles is 1. The minimum atomic E-state index is -4.47. The molecule has 1 aromatic heterocycles. The molecule has 0 bridgehead atoms. The first-order valence-electron chi connectivity index (χ1n) is 6.25. The Morgan fingerprint density at radius 3 is 2.70 bits per heavy atom. The third-order valence-electron chi connectivity index (χ3n) is 2.85. The number of carbonyl (C=O) groups is 2. The highest BCUT2D eigenvalue weighted by molar-refractivity contribution is 8.14. The zero-order valence-electron chi connectivity index (χ0n) is 11.7. The third-order valence-corrected chi connectivity index (χ3v) is 4.77. The van der Waals surface area contributed by atoms with E-state index in [0.29, 0.717) is 5.52 Å². The normalized spacial score (nSPS) is 12.8. The minimum Gasteiger partial charge on any atom is -0.297 e. The van der Waals surface area contributed by atoms with Crippen LogP contribution in [0.2, 0.25) is 0 Å². The Hall–Kier alpha value is -1.92. The summed E-state index contributed by atoms with van der Waals surface area (Å²) in [6, 6.07) is 4.86. The van der Waals surface area contributed by atoms with E-state index < -0.39 is 23.4 Å². The SMILES string of the molecule is CC(=O)SCC(=O)[C@H](C#N)c1nc2ccc(C(F)(F)F)cc2s1. The number of halogens is 3. The monoisotopic (exact) mass is 358 g/mol. The molecule has 120 valence electrons. The number of thioether (sulfide) groups is 1. The number of aromatic nitrogens is 1. The van der Waals surface area contributed by atoms with Gasteiger partial charge in [-0.1, -0.05) is 11.8 Å². The Bertz CT molecular complexity index is 808. The molecule has 2 aromatic rings. The summed E-state index contributed by atoms with van der Waals surface area (Å²) in [6.07, 6.45) is -4.47. The van der Waals surface area contributed by atoms with Gasteiger partial charge in [0.15, 0.2) is 16.8 Å². The number of carbonyl (C=O) groups excluding carboxylic acids is 2. The highest BCUT2D eigenvalue weighted by atomic mass is 32.2. The van der Waals surface area contributed by atoms with Crippen molar-refractivity contribution in [3.63, 3.8) is 0 Å². The fraction of sp³-hybridized carbons (Fsp3) is 0.286. The van der Waals surface area contributed by atoms with Crippen LogP contribution in [0.25, 0.3) is 10.2 Å². The van der Waals surface area contributed by atoms with Crippen molar-refractivity contribution in [2.24, 2.45) is 0 Å². The van der Waals surface area contributed by atoms with Gasteiger partial charge in [-0.25, -0.2) is 4.98 Å². The summed E-state index contributed by atoms with van der Waals surface area (Å²) in [4.78, 5) is 26.9. The lowest BCUT2D eigenvalue weighted by Crippen LogP contribution is -2.13. The fourth-order valence-corrected chi connectivity index (χ4v) is 3.35. The van der Waals surface area contributed by atoms with Gasteiger partial charge in [0.25, 0.3) is 0 Å². The molecule has 1 aromatic carbocycles. The van der Waals surface area contributed by atoms with Gasteiger partial charge in [-0.05, 0) is 18.2 Å². The number of ketones is 1. The first-order valence-corrected chi connectivity index (χ1v) is 8.06. The molecule has 1 heterocycles. The Labute approximate surface area is 137 Å². The van der Waals surface area contributed by atoms with Crippen LogP contribution >= 0.6 is 23.1 Å². The van der Waals surface area contributed by atoms with Crippen LogP contribution in [-0.4, -0.2) is 21.6 Å². The smallest absolute Gasteiger partial charge is 0.297 e. The van der Waals surface area contributed by atoms with Crippen molar-refractivity contribution in [1.29, 1.82) is 5.26 Å². The Morgan fingerprint density at radius 1 is 1.43 bits per heavy atom. The standard InChI is InChI=1S/C14H9F3N2O2S2/c1-7(20)22-6-11(21)9(5-18)13-19-10-3-2-8(14(15,16)17)4-12(10)23-13/h2-4,9H,6H2,1H3/t9-/m0/s1. The van der Waals surface area contributed by atoms with Crippen molar-refractivity contribution in [3.05, 3.63) is 28.8 Å². The molecular weight excluding hydrogens is 349 g/mol. The van der Waals surface area contributed by atoms with Crippen LogP contribution in [0.4, 0.5) is 13.2 Å². The molecule has 0 unspecified atom stereocenters. The Balaban J connectivity index is 2.33. The van der Waals surface area contributed by atoms with E-state index in [2.05, 4.69) is 4.98 Å². The van der Waals surface area contributed by atoms with Crippen LogP contribution in [0.1, 0.15) is 23.4 Å². The lowest BCUT2D eigenvalue weighted by atomic mass is 10.1. The van der Waals surface area contributed by atoms with Crippen LogP contribution < -0.4 is 0 Å². The van der Waals surface area contributed by atoms with Crippen molar-refractivity contribution < 1.29 is 22.8 Å². The highest BCUT2D eigenvalue weighted by Gasteiger charge is 2.31. The average molecular weight is 358 g/mol. The largest absolute Gasteiger partial charge is 0.416 e. The topological polar surface area (TPSA) is 70.8 Å². The Kier molecular flexibility index (Phi) is 5.06. The molecule has 23 heavy (non-hydrogen) atoms. The predicted molar refractivity (Wildman–Crippen MR) is 81.1 cm³/mol. The molecule has 1 atom stereocenters. The minimum absolute atomic E-state index is 0.135. The van der Waals surface area contributed by atoms with Gasteiger partial charge in [-0.3, -0.25) is 9.59 Å². The third kappa shape index (κ3) is 4.09. The molecule has 0 N–H and O–H groups in total. The zero-order valence-corrected chi connectivity index (χ0v) is 13.3. The first-order chi connectivity index (χ1) is 10.7. The lowest BCUT2D eigenvalue weighted by molar-refractivity contribution is -0.137. The molecule has 2 rings (SSSR count). The molecule has 0 fully saturated rings. The molecule has 4 nitrogen and oxygen atoms in total. The second-order valence-electron chi connectivity index (χ2n) is 4.54. The maximum Gasteiger partial charge on any atom is 0.416 e. The second-order valence-corrected chi connectivity index (χ2v) is 6.76. The van der Waals surface area contributed by atoms with Gasteiger partial charge in [-0.15, -0.1) is 11.3 Å². The molecule has 0 saturated heterocycles. The molecule has 0 aliphatic heterocycles. The Morgan fingerprint density at radius 2 is 2.13 bits per heavy atom. The van der Waals surface area contributed by atoms with Crippen LogP contribution in [0.5, 0.6) is 0 Å². The van der Waals surface area contributed by atoms with Crippen molar-refractivity contribution in [1.82, 2.24) is 4.98 Å². The van der Waals surface area contributed by atoms with Crippen molar-refractivity contribution in [2.75, 3.05) is 5.75 Å². The summed E-state index contributed by atoms with van der Waals surface area (Å²) < 4.78 is 38.3. The van der Waals surface area contributed by atoms with E-state index >= 15 is 0 Å². The highest BCUT2D eigenvalue weighted by Crippen LogP contribution is 2.34. The molecule has 0 aliphatic rings. The molecule has 9 heteroatoms. The number of rotatable bonds is 4. The summed E-state index contributed by atoms with van der Waals surface area (Å²) >= 11 is 1.65. The summed E-state index contributed by atoms with van der Waals surface area (Å²) in [5, 5.41) is 9.03. The van der Waals surface area contributed by atoms with E-state index in [-0.39, 0.29) is 20.6 Å². The number of nitrogens with zero attached hydrogens (tertiary/aromatic N) is 2. The van der Waals surface area contributed by atoms with Crippen molar-refractivity contribution in [2.45, 2.75) is 19.0 Å². The van der Waals surface area contributed by atoms with E-state index in [4.69, 9.17) is 5.26 Å². The van der Waals surface area contributed by atoms with Crippen LogP contribution in [0.15, 0.2) is 18.2 Å². The maximum absolute atomic E-state index is 12.7. The predicted octanol–water partition coefficient (Wildman–Crippen LogP) is 3.77. The number of thiazole rings is 1. The molecule has 0 spiro atoms. The summed E-state index contributed by atoms with van der Waals surface area (Å²) in [7, 11) is 0. The lowest BCUT2D eigenvalue weighted by Gasteiger charge is -2.04. The van der Waals surface area contributed by atoms with E-state index in [1.165, 1.54) is 13.0 Å². The average Bonchev–Trinajstić information content (AvgIpc) is 2.87. The van der Waals surface area contributed by atoms with E-state index in [9.17, 15) is 22.8 Å². The van der Waals surface area contributed by atoms with Gasteiger partial charge in [0.1, 0.15) is 5.01 Å². The number of benzene rings is 1. The van der Waals surface area contributed by atoms with Crippen LogP contribution in [0.3, 0.4) is 0 Å². The van der Waals surface area contributed by atoms with E-state index in [0.717, 1.165) is 35.2 Å². The first kappa shape index (κ1) is 17.4. The number of hydrogen-bond donors (Lipinski definition) is 0. The molecule has 0 aliphatic carbocycles. The quantitative estimate of drug-likeness (QED) is 0.832. The number of alkyl halides is 3. The van der Waals surface area contributed by atoms with Gasteiger partial charge in [0.2, 0.25) is 0 Å². The fourth-order valence-electron chi connectivity index (χ4n) is 1.76. The maximum atomic E-state index is 12.7. The van der Waals surface area contributed by atoms with Crippen molar-refractivity contribution in [3.8, 4) is 6.07 Å². The van der Waals surface area contributed by atoms with Crippen LogP contribution in [-0.2, 0) is 15.8 Å². The molecule has 0 saturated carbocycles. The zero-order chi connectivity index (χ0) is 17.2. The number of hydrogen-bond acceptors (Lipinski definition) is 6. The molecule has 0 amide bonds. The van der Waals surface area contributed by atoms with E-state index in [1.54, 1.807) is 6.07 Å². The van der Waals surface area contributed by atoms with Crippen molar-refractivity contribution >= 4 is 44.2 Å².